The van der Waals surface area contributed by atoms with Crippen LogP contribution in [0.15, 0.2) is 40.5 Å². The fraction of sp³-hybridized carbons (Fsp3) is 0.556. The van der Waals surface area contributed by atoms with Crippen LogP contribution in [-0.4, -0.2) is 5.98 Å². The predicted octanol–water partition coefficient (Wildman–Crippen LogP) is 7.74. The van der Waals surface area contributed by atoms with Crippen molar-refractivity contribution in [1.29, 1.82) is 0 Å². The third-order valence-electron chi connectivity index (χ3n) is 7.91. The molecule has 29 heavy (non-hydrogen) atoms. The third kappa shape index (κ3) is 3.71. The summed E-state index contributed by atoms with van der Waals surface area (Å²) in [5.74, 6) is 0.0751. The van der Waals surface area contributed by atoms with Crippen molar-refractivity contribution in [2.45, 2.75) is 87.7 Å². The Morgan fingerprint density at radius 2 is 1.55 bits per heavy atom. The molecule has 0 spiro atoms. The molecule has 0 aliphatic heterocycles. The average molecular weight is 570 g/mol. The zero-order valence-electron chi connectivity index (χ0n) is 19.9. The molecule has 3 aliphatic rings. The summed E-state index contributed by atoms with van der Waals surface area (Å²) in [6.45, 7) is 19.9. The number of fused-ring (bicyclic) bond motifs is 2. The molecule has 0 saturated heterocycles. The van der Waals surface area contributed by atoms with Crippen molar-refractivity contribution in [2.24, 2.45) is 5.92 Å². The van der Waals surface area contributed by atoms with Crippen molar-refractivity contribution in [1.82, 2.24) is 0 Å². The summed E-state index contributed by atoms with van der Waals surface area (Å²) >= 11 is -1.96. The molecule has 4 rings (SSSR count). The summed E-state index contributed by atoms with van der Waals surface area (Å²) in [5, 5.41) is 0. The van der Waals surface area contributed by atoms with Crippen LogP contribution in [0.3, 0.4) is 0 Å². The van der Waals surface area contributed by atoms with Crippen LogP contribution in [0.2, 0.25) is 16.8 Å². The Morgan fingerprint density at radius 3 is 2.10 bits per heavy atom. The van der Waals surface area contributed by atoms with Gasteiger partial charge in [0.15, 0.2) is 0 Å². The maximum atomic E-state index is 2.82. The second-order valence-electron chi connectivity index (χ2n) is 10.5. The maximum absolute atomic E-state index is 2.82. The van der Waals surface area contributed by atoms with Gasteiger partial charge in [0.2, 0.25) is 0 Å². The van der Waals surface area contributed by atoms with E-state index in [1.807, 2.05) is 0 Å². The first-order valence-electron chi connectivity index (χ1n) is 11.8. The van der Waals surface area contributed by atoms with E-state index in [4.69, 9.17) is 0 Å². The Bertz CT molecular complexity index is 904. The number of allylic oxidation sites excluding steroid dienone is 6. The summed E-state index contributed by atoms with van der Waals surface area (Å²) in [6, 6.07) is 5.33. The second kappa shape index (κ2) is 8.23. The molecule has 0 saturated carbocycles. The third-order valence-corrected chi connectivity index (χ3v) is 39.1. The first-order chi connectivity index (χ1) is 13.7. The average Bonchev–Trinajstić information content (AvgIpc) is 3.30. The van der Waals surface area contributed by atoms with Gasteiger partial charge >= 0.3 is 189 Å². The summed E-state index contributed by atoms with van der Waals surface area (Å²) < 4.78 is 1.70. The van der Waals surface area contributed by atoms with Gasteiger partial charge in [-0.05, 0) is 0 Å². The number of benzene rings is 1. The molecule has 0 nitrogen and oxygen atoms in total. The number of aryl methyl sites for hydroxylation is 2. The summed E-state index contributed by atoms with van der Waals surface area (Å²) in [5.41, 5.74) is 15.2. The molecule has 0 amide bonds. The zero-order chi connectivity index (χ0) is 21.0. The molecule has 1 atom stereocenters. The van der Waals surface area contributed by atoms with Crippen molar-refractivity contribution in [2.75, 3.05) is 0 Å². The molecule has 1 aromatic carbocycles. The van der Waals surface area contributed by atoms with Crippen molar-refractivity contribution >= 4 is 11.6 Å². The van der Waals surface area contributed by atoms with E-state index in [1.54, 1.807) is 50.1 Å². The SMILES string of the molecule is CC1=C(C)[CH]([Hf+]([CH]2C=C(CC(C)C)c3cc4c(cc32)CCC4)[SiH](C)C)C(C)=C1C. The molecule has 0 heterocycles. The van der Waals surface area contributed by atoms with E-state index in [9.17, 15) is 0 Å². The van der Waals surface area contributed by atoms with Gasteiger partial charge in [-0.3, -0.25) is 0 Å². The van der Waals surface area contributed by atoms with Crippen LogP contribution in [0.5, 0.6) is 0 Å². The molecule has 0 aromatic heterocycles. The topological polar surface area (TPSA) is 0 Å². The molecular formula is C27H39HfSi+. The first kappa shape index (κ1) is 21.7. The van der Waals surface area contributed by atoms with Gasteiger partial charge in [0.1, 0.15) is 0 Å². The number of hydrogen-bond acceptors (Lipinski definition) is 0. The normalized spacial score (nSPS) is 21.6. The van der Waals surface area contributed by atoms with E-state index in [2.05, 4.69) is 72.8 Å². The van der Waals surface area contributed by atoms with Crippen LogP contribution in [0, 0.1) is 5.92 Å². The van der Waals surface area contributed by atoms with Crippen LogP contribution in [0.4, 0.5) is 0 Å². The Labute approximate surface area is 187 Å². The first-order valence-corrected chi connectivity index (χ1v) is 25.0. The van der Waals surface area contributed by atoms with E-state index in [0.717, 1.165) is 13.3 Å². The summed E-state index contributed by atoms with van der Waals surface area (Å²) in [7, 11) is 0. The molecule has 3 aliphatic carbocycles. The van der Waals surface area contributed by atoms with Crippen molar-refractivity contribution < 1.29 is 20.6 Å². The fourth-order valence-electron chi connectivity index (χ4n) is 6.17. The molecule has 2 heteroatoms. The van der Waals surface area contributed by atoms with E-state index < -0.39 is 26.6 Å². The van der Waals surface area contributed by atoms with Crippen LogP contribution in [-0.2, 0) is 33.4 Å². The molecule has 0 bridgehead atoms. The molecule has 0 N–H and O–H groups in total. The van der Waals surface area contributed by atoms with Crippen LogP contribution in [0.25, 0.3) is 5.57 Å². The standard InChI is InChI=1S/C16H19.C9H13.C2H7Si.Hf/c1-11(2)8-14-6-7-15-9-12-4-3-5-13(12)10-16(14)15;1-6-5-7(2)9(4)8(6)3;1-3-2;/h6-7,9-11H,3-5,8H2,1-2H3;5H,1-4H3;3H,1-2H3;/q;;;+1. The van der Waals surface area contributed by atoms with E-state index >= 15 is 0 Å². The number of rotatable bonds is 5. The summed E-state index contributed by atoms with van der Waals surface area (Å²) in [6.07, 6.45) is 8.06. The van der Waals surface area contributed by atoms with Gasteiger partial charge in [-0.15, -0.1) is 0 Å². The fourth-order valence-corrected chi connectivity index (χ4v) is 38.8. The van der Waals surface area contributed by atoms with E-state index in [1.165, 1.54) is 25.7 Å². The van der Waals surface area contributed by atoms with Crippen LogP contribution < -0.4 is 0 Å². The Hall–Kier alpha value is -0.473. The van der Waals surface area contributed by atoms with Crippen molar-refractivity contribution in [3.05, 3.63) is 62.8 Å². The van der Waals surface area contributed by atoms with Crippen LogP contribution >= 0.6 is 0 Å². The van der Waals surface area contributed by atoms with Crippen molar-refractivity contribution in [3.8, 4) is 0 Å². The molecule has 0 radical (unpaired) electrons. The van der Waals surface area contributed by atoms with Gasteiger partial charge in [-0.2, -0.15) is 0 Å². The van der Waals surface area contributed by atoms with Gasteiger partial charge in [0, 0.05) is 0 Å². The quantitative estimate of drug-likeness (QED) is 0.318. The van der Waals surface area contributed by atoms with Crippen molar-refractivity contribution in [3.63, 3.8) is 0 Å². The monoisotopic (exact) mass is 571 g/mol. The van der Waals surface area contributed by atoms with Gasteiger partial charge < -0.3 is 0 Å². The van der Waals surface area contributed by atoms with Crippen LogP contribution in [0.1, 0.15) is 80.3 Å². The molecule has 1 unspecified atom stereocenters. The summed E-state index contributed by atoms with van der Waals surface area (Å²) in [4.78, 5) is 0. The molecule has 0 fully saturated rings. The Morgan fingerprint density at radius 1 is 0.966 bits per heavy atom. The molecular weight excluding hydrogens is 531 g/mol. The van der Waals surface area contributed by atoms with E-state index in [0.29, 0.717) is 0 Å². The minimum absolute atomic E-state index is 0.666. The number of hydrogen-bond donors (Lipinski definition) is 0. The van der Waals surface area contributed by atoms with E-state index in [-0.39, 0.29) is 0 Å². The minimum atomic E-state index is -1.96. The zero-order valence-corrected chi connectivity index (χ0v) is 24.6. The Kier molecular flexibility index (Phi) is 6.17. The molecule has 154 valence electrons. The van der Waals surface area contributed by atoms with Gasteiger partial charge in [0.25, 0.3) is 0 Å². The van der Waals surface area contributed by atoms with Gasteiger partial charge in [-0.1, -0.05) is 0 Å². The molecule has 1 aromatic rings. The second-order valence-corrected chi connectivity index (χ2v) is 38.6. The van der Waals surface area contributed by atoms with Gasteiger partial charge in [-0.25, -0.2) is 0 Å². The van der Waals surface area contributed by atoms with Gasteiger partial charge in [0.05, 0.1) is 0 Å². The predicted molar refractivity (Wildman–Crippen MR) is 128 cm³/mol. The Balaban J connectivity index is 1.84.